The van der Waals surface area contributed by atoms with E-state index < -0.39 is 0 Å². The highest BCUT2D eigenvalue weighted by atomic mass is 16.2. The molecule has 9 heteroatoms. The number of carbonyl (C=O) groups excluding carboxylic acids is 4. The maximum Gasteiger partial charge on any atom is 0.221 e. The Balaban J connectivity index is 4.24. The number of nitrogens with zero attached hydrogens (tertiary/aromatic N) is 2. The van der Waals surface area contributed by atoms with Crippen LogP contribution < -0.4 is 16.4 Å². The van der Waals surface area contributed by atoms with Gasteiger partial charge in [-0.3, -0.25) is 19.2 Å². The summed E-state index contributed by atoms with van der Waals surface area (Å²) in [5.74, 6) is 0.128. The number of hydrogen-bond acceptors (Lipinski definition) is 7. The standard InChI is InChI=1S/C20H39N5O4/c1-4-24(12-5-17(2)26)14-7-20(29)23-11-16-25(13-6-18(3)27)15-8-19(28)22-10-9-21/h4-16,21H2,1-3H3,(H,22,28)(H,23,29). The van der Waals surface area contributed by atoms with Crippen LogP contribution in [0.2, 0.25) is 0 Å². The first-order valence-electron chi connectivity index (χ1n) is 10.5. The van der Waals surface area contributed by atoms with Crippen LogP contribution in [0.15, 0.2) is 0 Å². The van der Waals surface area contributed by atoms with Crippen LogP contribution in [0.4, 0.5) is 0 Å². The molecule has 0 saturated carbocycles. The van der Waals surface area contributed by atoms with E-state index in [9.17, 15) is 19.2 Å². The molecule has 9 nitrogen and oxygen atoms in total. The number of Topliss-reactive ketones (excluding diaryl/α,β-unsaturated/α-hetero) is 2. The third-order valence-corrected chi connectivity index (χ3v) is 4.53. The fourth-order valence-electron chi connectivity index (χ4n) is 2.66. The molecule has 0 aliphatic carbocycles. The van der Waals surface area contributed by atoms with Crippen LogP contribution in [0, 0.1) is 0 Å². The highest BCUT2D eigenvalue weighted by Crippen LogP contribution is 1.97. The molecule has 168 valence electrons. The van der Waals surface area contributed by atoms with Crippen molar-refractivity contribution in [2.24, 2.45) is 5.73 Å². The van der Waals surface area contributed by atoms with E-state index in [0.717, 1.165) is 6.54 Å². The van der Waals surface area contributed by atoms with Crippen molar-refractivity contribution in [2.75, 3.05) is 58.9 Å². The number of hydrogen-bond donors (Lipinski definition) is 3. The molecule has 4 N–H and O–H groups in total. The van der Waals surface area contributed by atoms with Crippen LogP contribution in [-0.4, -0.2) is 92.1 Å². The number of carbonyl (C=O) groups is 4. The number of amides is 2. The van der Waals surface area contributed by atoms with Crippen LogP contribution in [0.25, 0.3) is 0 Å². The predicted octanol–water partition coefficient (Wildman–Crippen LogP) is -0.460. The molecule has 0 aliphatic rings. The van der Waals surface area contributed by atoms with Gasteiger partial charge in [0.05, 0.1) is 0 Å². The molecule has 0 spiro atoms. The van der Waals surface area contributed by atoms with Gasteiger partial charge in [-0.1, -0.05) is 6.92 Å². The van der Waals surface area contributed by atoms with Crippen molar-refractivity contribution in [1.29, 1.82) is 0 Å². The monoisotopic (exact) mass is 413 g/mol. The van der Waals surface area contributed by atoms with E-state index in [2.05, 4.69) is 15.5 Å². The molecule has 0 unspecified atom stereocenters. The fraction of sp³-hybridized carbons (Fsp3) is 0.800. The molecule has 0 fully saturated rings. The van der Waals surface area contributed by atoms with Crippen LogP contribution in [-0.2, 0) is 19.2 Å². The van der Waals surface area contributed by atoms with Crippen molar-refractivity contribution in [3.05, 3.63) is 0 Å². The molecule has 0 aliphatic heterocycles. The van der Waals surface area contributed by atoms with Crippen LogP contribution in [0.1, 0.15) is 46.5 Å². The van der Waals surface area contributed by atoms with E-state index in [4.69, 9.17) is 5.73 Å². The first-order chi connectivity index (χ1) is 13.8. The Morgan fingerprint density at radius 2 is 1.14 bits per heavy atom. The van der Waals surface area contributed by atoms with Gasteiger partial charge >= 0.3 is 0 Å². The molecule has 0 aromatic heterocycles. The molecule has 0 bridgehead atoms. The zero-order chi connectivity index (χ0) is 22.1. The maximum atomic E-state index is 12.1. The Morgan fingerprint density at radius 1 is 0.690 bits per heavy atom. The molecular formula is C20H39N5O4. The lowest BCUT2D eigenvalue weighted by Crippen LogP contribution is -2.39. The van der Waals surface area contributed by atoms with Crippen molar-refractivity contribution in [1.82, 2.24) is 20.4 Å². The molecule has 29 heavy (non-hydrogen) atoms. The van der Waals surface area contributed by atoms with Crippen molar-refractivity contribution in [3.8, 4) is 0 Å². The molecule has 0 aromatic carbocycles. The number of nitrogens with two attached hydrogens (primary N) is 1. The van der Waals surface area contributed by atoms with Crippen molar-refractivity contribution < 1.29 is 19.2 Å². The maximum absolute atomic E-state index is 12.1. The largest absolute Gasteiger partial charge is 0.355 e. The zero-order valence-corrected chi connectivity index (χ0v) is 18.3. The summed E-state index contributed by atoms with van der Waals surface area (Å²) in [6, 6.07) is 0. The van der Waals surface area contributed by atoms with Gasteiger partial charge in [0.25, 0.3) is 0 Å². The third-order valence-electron chi connectivity index (χ3n) is 4.53. The van der Waals surface area contributed by atoms with E-state index in [0.29, 0.717) is 78.0 Å². The molecule has 0 radical (unpaired) electrons. The van der Waals surface area contributed by atoms with E-state index in [1.807, 2.05) is 11.8 Å². The summed E-state index contributed by atoms with van der Waals surface area (Å²) in [6.45, 7) is 10.2. The second kappa shape index (κ2) is 17.1. The lowest BCUT2D eigenvalue weighted by Gasteiger charge is -2.22. The van der Waals surface area contributed by atoms with Crippen molar-refractivity contribution >= 4 is 23.4 Å². The summed E-state index contributed by atoms with van der Waals surface area (Å²) in [7, 11) is 0. The average Bonchev–Trinajstić information content (AvgIpc) is 2.67. The topological polar surface area (TPSA) is 125 Å². The molecular weight excluding hydrogens is 374 g/mol. The average molecular weight is 414 g/mol. The lowest BCUT2D eigenvalue weighted by molar-refractivity contribution is -0.122. The second-order valence-corrected chi connectivity index (χ2v) is 7.17. The molecule has 0 atom stereocenters. The van der Waals surface area contributed by atoms with Gasteiger partial charge in [-0.05, 0) is 20.4 Å². The van der Waals surface area contributed by atoms with Crippen LogP contribution >= 0.6 is 0 Å². The molecule has 2 amide bonds. The number of nitrogens with one attached hydrogen (secondary N) is 2. The van der Waals surface area contributed by atoms with Gasteiger partial charge in [-0.2, -0.15) is 0 Å². The Labute approximate surface area is 174 Å². The molecule has 0 aromatic rings. The summed E-state index contributed by atoms with van der Waals surface area (Å²) >= 11 is 0. The second-order valence-electron chi connectivity index (χ2n) is 7.17. The van der Waals surface area contributed by atoms with E-state index in [-0.39, 0.29) is 23.4 Å². The summed E-state index contributed by atoms with van der Waals surface area (Å²) in [5, 5.41) is 5.61. The van der Waals surface area contributed by atoms with E-state index in [1.54, 1.807) is 13.8 Å². The first kappa shape index (κ1) is 27.2. The quantitative estimate of drug-likeness (QED) is 0.278. The Bertz CT molecular complexity index is 513. The highest BCUT2D eigenvalue weighted by molar-refractivity contribution is 5.77. The van der Waals surface area contributed by atoms with Gasteiger partial charge in [-0.25, -0.2) is 0 Å². The SMILES string of the molecule is CCN(CCC(C)=O)CCC(=O)NCCN(CCC(C)=O)CCC(=O)NCCN. The van der Waals surface area contributed by atoms with Crippen molar-refractivity contribution in [3.63, 3.8) is 0 Å². The van der Waals surface area contributed by atoms with Crippen LogP contribution in [0.5, 0.6) is 0 Å². The van der Waals surface area contributed by atoms with E-state index in [1.165, 1.54) is 0 Å². The highest BCUT2D eigenvalue weighted by Gasteiger charge is 2.11. The van der Waals surface area contributed by atoms with Crippen molar-refractivity contribution in [2.45, 2.75) is 46.5 Å². The summed E-state index contributed by atoms with van der Waals surface area (Å²) < 4.78 is 0. The van der Waals surface area contributed by atoms with Crippen LogP contribution in [0.3, 0.4) is 0 Å². The van der Waals surface area contributed by atoms with E-state index >= 15 is 0 Å². The Kier molecular flexibility index (Phi) is 16.0. The third kappa shape index (κ3) is 16.8. The van der Waals surface area contributed by atoms with Gasteiger partial charge in [0.1, 0.15) is 11.6 Å². The minimum Gasteiger partial charge on any atom is -0.355 e. The lowest BCUT2D eigenvalue weighted by atomic mass is 10.2. The molecule has 0 rings (SSSR count). The minimum atomic E-state index is -0.0717. The smallest absolute Gasteiger partial charge is 0.221 e. The summed E-state index contributed by atoms with van der Waals surface area (Å²) in [4.78, 5) is 50.3. The minimum absolute atomic E-state index is 0.0431. The van der Waals surface area contributed by atoms with Gasteiger partial charge in [0.2, 0.25) is 11.8 Å². The van der Waals surface area contributed by atoms with Gasteiger partial charge in [0.15, 0.2) is 0 Å². The predicted molar refractivity (Wildman–Crippen MR) is 113 cm³/mol. The summed E-state index contributed by atoms with van der Waals surface area (Å²) in [5.41, 5.74) is 5.37. The molecule has 0 saturated heterocycles. The number of rotatable bonds is 18. The van der Waals surface area contributed by atoms with Gasteiger partial charge in [-0.15, -0.1) is 0 Å². The fourth-order valence-corrected chi connectivity index (χ4v) is 2.66. The zero-order valence-electron chi connectivity index (χ0n) is 18.3. The van der Waals surface area contributed by atoms with Gasteiger partial charge in [0, 0.05) is 78.0 Å². The normalized spacial score (nSPS) is 11.0. The van der Waals surface area contributed by atoms with Gasteiger partial charge < -0.3 is 26.2 Å². The summed E-state index contributed by atoms with van der Waals surface area (Å²) in [6.07, 6.45) is 1.62. The Hall–Kier alpha value is -1.84. The molecule has 0 heterocycles. The Morgan fingerprint density at radius 3 is 1.62 bits per heavy atom. The first-order valence-corrected chi connectivity index (χ1v) is 10.5. The number of ketones is 2.